The molecule has 2 aliphatic heterocycles. The molecular weight excluding hydrogens is 485 g/mol. The first-order chi connectivity index (χ1) is 18.5. The maximum absolute atomic E-state index is 14.5. The number of ether oxygens (including phenoxy) is 1. The minimum absolute atomic E-state index is 0.0518. The van der Waals surface area contributed by atoms with E-state index in [4.69, 9.17) is 4.74 Å². The van der Waals surface area contributed by atoms with Crippen LogP contribution in [-0.2, 0) is 11.3 Å². The third kappa shape index (κ3) is 4.69. The average Bonchev–Trinajstić information content (AvgIpc) is 3.58. The lowest BCUT2D eigenvalue weighted by Crippen LogP contribution is -2.49. The highest BCUT2D eigenvalue weighted by molar-refractivity contribution is 5.83. The molecule has 0 unspecified atom stereocenters. The van der Waals surface area contributed by atoms with E-state index in [1.807, 2.05) is 31.2 Å². The van der Waals surface area contributed by atoms with Crippen LogP contribution in [0.25, 0.3) is 10.9 Å². The van der Waals surface area contributed by atoms with Crippen LogP contribution in [-0.4, -0.2) is 69.0 Å². The van der Waals surface area contributed by atoms with Crippen molar-refractivity contribution in [2.45, 2.75) is 45.4 Å². The number of hydrogen-bond donors (Lipinski definition) is 1. The number of piperazine rings is 1. The van der Waals surface area contributed by atoms with Crippen LogP contribution in [0.4, 0.5) is 10.1 Å². The fourth-order valence-electron chi connectivity index (χ4n) is 5.84. The predicted octanol–water partition coefficient (Wildman–Crippen LogP) is 3.36. The molecule has 1 N–H and O–H groups in total. The summed E-state index contributed by atoms with van der Waals surface area (Å²) in [6, 6.07) is 12.5. The van der Waals surface area contributed by atoms with E-state index in [9.17, 15) is 9.18 Å². The van der Waals surface area contributed by atoms with Gasteiger partial charge in [-0.15, -0.1) is 5.10 Å². The van der Waals surface area contributed by atoms with Crippen LogP contribution in [0.1, 0.15) is 41.4 Å². The number of nitrogens with zero attached hydrogens (tertiary/aromatic N) is 6. The Morgan fingerprint density at radius 2 is 1.95 bits per heavy atom. The van der Waals surface area contributed by atoms with Crippen molar-refractivity contribution in [3.63, 3.8) is 0 Å². The van der Waals surface area contributed by atoms with Crippen molar-refractivity contribution in [1.29, 1.82) is 0 Å². The van der Waals surface area contributed by atoms with Crippen LogP contribution < -0.4 is 10.5 Å². The van der Waals surface area contributed by atoms with E-state index in [1.165, 1.54) is 6.07 Å². The normalized spacial score (nSPS) is 19.3. The number of fused-ring (bicyclic) bond motifs is 1. The maximum Gasteiger partial charge on any atom is 0.253 e. The van der Waals surface area contributed by atoms with E-state index in [0.717, 1.165) is 41.5 Å². The second kappa shape index (κ2) is 10.3. The highest BCUT2D eigenvalue weighted by atomic mass is 19.1. The van der Waals surface area contributed by atoms with Gasteiger partial charge in [0.05, 0.1) is 18.3 Å². The highest BCUT2D eigenvalue weighted by Gasteiger charge is 2.34. The first kappa shape index (κ1) is 24.7. The number of aromatic amines is 1. The average molecular weight is 518 g/mol. The van der Waals surface area contributed by atoms with E-state index < -0.39 is 6.04 Å². The zero-order valence-electron chi connectivity index (χ0n) is 21.7. The van der Waals surface area contributed by atoms with Gasteiger partial charge in [0, 0.05) is 49.3 Å². The van der Waals surface area contributed by atoms with Crippen LogP contribution in [0.15, 0.2) is 47.3 Å². The first-order valence-electron chi connectivity index (χ1n) is 13.2. The van der Waals surface area contributed by atoms with E-state index >= 15 is 0 Å². The lowest BCUT2D eigenvalue weighted by molar-refractivity contribution is 0.0906. The number of aryl methyl sites for hydroxylation is 2. The van der Waals surface area contributed by atoms with Crippen LogP contribution in [0.2, 0.25) is 0 Å². The van der Waals surface area contributed by atoms with Gasteiger partial charge in [-0.25, -0.2) is 9.07 Å². The molecule has 4 heterocycles. The lowest BCUT2D eigenvalue weighted by atomic mass is 9.99. The number of aromatic nitrogens is 5. The van der Waals surface area contributed by atoms with E-state index in [1.54, 1.807) is 10.7 Å². The first-order valence-corrected chi connectivity index (χ1v) is 13.2. The number of benzene rings is 2. The molecule has 38 heavy (non-hydrogen) atoms. The van der Waals surface area contributed by atoms with Crippen molar-refractivity contribution in [2.75, 3.05) is 37.7 Å². The molecule has 10 heteroatoms. The molecule has 2 aliphatic rings. The Kier molecular flexibility index (Phi) is 6.67. The lowest BCUT2D eigenvalue weighted by Gasteiger charge is -2.39. The Balaban J connectivity index is 1.39. The van der Waals surface area contributed by atoms with Gasteiger partial charge in [0.1, 0.15) is 11.9 Å². The number of H-pyrrole nitrogens is 1. The smallest absolute Gasteiger partial charge is 0.253 e. The topological polar surface area (TPSA) is 92.2 Å². The maximum atomic E-state index is 14.5. The van der Waals surface area contributed by atoms with Crippen molar-refractivity contribution in [1.82, 2.24) is 30.1 Å². The summed E-state index contributed by atoms with van der Waals surface area (Å²) in [7, 11) is 0. The monoisotopic (exact) mass is 517 g/mol. The fourth-order valence-corrected chi connectivity index (χ4v) is 5.84. The van der Waals surface area contributed by atoms with Crippen LogP contribution in [0.3, 0.4) is 0 Å². The fraction of sp³-hybridized carbons (Fsp3) is 0.429. The zero-order chi connectivity index (χ0) is 26.2. The van der Waals surface area contributed by atoms with Crippen molar-refractivity contribution in [2.24, 2.45) is 0 Å². The largest absolute Gasteiger partial charge is 0.376 e. The third-order valence-corrected chi connectivity index (χ3v) is 7.71. The Bertz CT molecular complexity index is 1500. The summed E-state index contributed by atoms with van der Waals surface area (Å²) in [6.07, 6.45) is 2.03. The molecule has 2 aromatic heterocycles. The number of pyridine rings is 1. The Morgan fingerprint density at radius 1 is 1.13 bits per heavy atom. The Labute approximate surface area is 220 Å². The van der Waals surface area contributed by atoms with Gasteiger partial charge in [-0.05, 0) is 72.5 Å². The molecule has 0 spiro atoms. The summed E-state index contributed by atoms with van der Waals surface area (Å²) in [4.78, 5) is 21.0. The molecule has 2 saturated heterocycles. The molecule has 2 fully saturated rings. The summed E-state index contributed by atoms with van der Waals surface area (Å²) in [6.45, 7) is 7.84. The van der Waals surface area contributed by atoms with Crippen LogP contribution >= 0.6 is 0 Å². The number of hydrogen-bond acceptors (Lipinski definition) is 7. The molecule has 9 nitrogen and oxygen atoms in total. The zero-order valence-corrected chi connectivity index (χ0v) is 21.7. The van der Waals surface area contributed by atoms with Gasteiger partial charge >= 0.3 is 0 Å². The van der Waals surface area contributed by atoms with Gasteiger partial charge in [0.25, 0.3) is 5.56 Å². The molecule has 198 valence electrons. The van der Waals surface area contributed by atoms with E-state index in [0.29, 0.717) is 49.8 Å². The number of halogens is 1. The third-order valence-electron chi connectivity index (χ3n) is 7.71. The minimum Gasteiger partial charge on any atom is -0.376 e. The summed E-state index contributed by atoms with van der Waals surface area (Å²) in [5, 5.41) is 13.7. The summed E-state index contributed by atoms with van der Waals surface area (Å²) in [5.41, 5.74) is 4.06. The van der Waals surface area contributed by atoms with Crippen molar-refractivity contribution in [3.05, 3.63) is 81.2 Å². The predicted molar refractivity (Wildman–Crippen MR) is 143 cm³/mol. The summed E-state index contributed by atoms with van der Waals surface area (Å²) in [5.74, 6) is 0.393. The molecule has 2 atom stereocenters. The molecule has 6 rings (SSSR count). The molecule has 0 amide bonds. The molecule has 0 aliphatic carbocycles. The Hall–Kier alpha value is -3.63. The van der Waals surface area contributed by atoms with E-state index in [2.05, 4.69) is 43.3 Å². The van der Waals surface area contributed by atoms with Gasteiger partial charge in [0.15, 0.2) is 5.82 Å². The molecule has 0 radical (unpaired) electrons. The van der Waals surface area contributed by atoms with Crippen molar-refractivity contribution in [3.8, 4) is 0 Å². The summed E-state index contributed by atoms with van der Waals surface area (Å²) < 4.78 is 22.1. The molecular formula is C28H32FN7O2. The second-order valence-electron chi connectivity index (χ2n) is 10.3. The van der Waals surface area contributed by atoms with E-state index in [-0.39, 0.29) is 17.5 Å². The number of nitrogens with one attached hydrogen (secondary N) is 1. The Morgan fingerprint density at radius 3 is 2.71 bits per heavy atom. The summed E-state index contributed by atoms with van der Waals surface area (Å²) >= 11 is 0. The minimum atomic E-state index is -0.456. The quantitative estimate of drug-likeness (QED) is 0.419. The number of rotatable bonds is 6. The SMILES string of the molecule is Cc1cc(C)c2cc([C@H](c3nnnn3C[C@@H]3CCCO3)N3CCN(c4ccccc4F)CC3)c(=O)[nH]c2c1. The molecule has 2 aromatic carbocycles. The number of tetrazole rings is 1. The van der Waals surface area contributed by atoms with Gasteiger partial charge in [0.2, 0.25) is 0 Å². The molecule has 4 aromatic rings. The second-order valence-corrected chi connectivity index (χ2v) is 10.3. The number of para-hydroxylation sites is 1. The standard InChI is InChI=1S/C28H32FN7O2/c1-18-14-19(2)21-16-22(28(37)30-24(21)15-18)26(27-31-32-33-36(27)17-20-6-5-13-38-20)35-11-9-34(10-12-35)25-8-4-3-7-23(25)29/h3-4,7-8,14-16,20,26H,5-6,9-13,17H2,1-2H3,(H,30,37)/t20-,26+/m0/s1. The highest BCUT2D eigenvalue weighted by Crippen LogP contribution is 2.31. The molecule has 0 bridgehead atoms. The van der Waals surface area contributed by atoms with Crippen LogP contribution in [0.5, 0.6) is 0 Å². The van der Waals surface area contributed by atoms with Gasteiger partial charge < -0.3 is 14.6 Å². The van der Waals surface area contributed by atoms with Crippen LogP contribution in [0, 0.1) is 19.7 Å². The number of anilines is 1. The van der Waals surface area contributed by atoms with Crippen molar-refractivity contribution < 1.29 is 9.13 Å². The van der Waals surface area contributed by atoms with Gasteiger partial charge in [-0.1, -0.05) is 18.2 Å². The van der Waals surface area contributed by atoms with Gasteiger partial charge in [-0.2, -0.15) is 0 Å². The molecule has 0 saturated carbocycles. The van der Waals surface area contributed by atoms with Gasteiger partial charge in [-0.3, -0.25) is 9.69 Å². The van der Waals surface area contributed by atoms with Crippen molar-refractivity contribution >= 4 is 16.6 Å².